The van der Waals surface area contributed by atoms with Crippen LogP contribution in [0.2, 0.25) is 0 Å². The molecule has 2 amide bonds. The molecule has 0 heterocycles. The Bertz CT molecular complexity index is 500. The number of urea groups is 1. The fourth-order valence-corrected chi connectivity index (χ4v) is 1.67. The zero-order valence-electron chi connectivity index (χ0n) is 11.6. The molecule has 0 fully saturated rings. The number of amides is 2. The number of carbonyl (C=O) groups excluding carboxylic acids is 1. The third kappa shape index (κ3) is 4.31. The van der Waals surface area contributed by atoms with Crippen molar-refractivity contribution in [3.63, 3.8) is 0 Å². The van der Waals surface area contributed by atoms with Crippen LogP contribution in [0.25, 0.3) is 0 Å². The van der Waals surface area contributed by atoms with Crippen molar-refractivity contribution in [3.05, 3.63) is 36.9 Å². The van der Waals surface area contributed by atoms with Crippen molar-refractivity contribution >= 4 is 23.4 Å². The van der Waals surface area contributed by atoms with Crippen LogP contribution in [-0.2, 0) is 4.79 Å². The molecule has 0 saturated carbocycles. The number of rotatable bonds is 6. The van der Waals surface area contributed by atoms with Crippen molar-refractivity contribution in [1.82, 2.24) is 5.32 Å². The number of anilines is 2. The maximum atomic E-state index is 11.8. The lowest BCUT2D eigenvalue weighted by molar-refractivity contribution is -0.139. The molecule has 1 aromatic rings. The Morgan fingerprint density at radius 2 is 2.05 bits per heavy atom. The molecule has 108 valence electrons. The predicted octanol–water partition coefficient (Wildman–Crippen LogP) is 1.90. The second kappa shape index (κ2) is 7.18. The van der Waals surface area contributed by atoms with Crippen LogP contribution >= 0.6 is 0 Å². The lowest BCUT2D eigenvalue weighted by Crippen LogP contribution is -2.42. The number of hydrogen-bond donors (Lipinski definition) is 3. The Morgan fingerprint density at radius 3 is 2.60 bits per heavy atom. The van der Waals surface area contributed by atoms with E-state index in [-0.39, 0.29) is 6.42 Å². The molecule has 6 nitrogen and oxygen atoms in total. The van der Waals surface area contributed by atoms with E-state index in [9.17, 15) is 9.59 Å². The zero-order chi connectivity index (χ0) is 15.1. The Hall–Kier alpha value is -2.50. The van der Waals surface area contributed by atoms with E-state index in [1.165, 1.54) is 6.08 Å². The normalized spacial score (nSPS) is 11.3. The van der Waals surface area contributed by atoms with Crippen LogP contribution < -0.4 is 15.5 Å². The highest BCUT2D eigenvalue weighted by molar-refractivity contribution is 5.95. The topological polar surface area (TPSA) is 81.7 Å². The van der Waals surface area contributed by atoms with Crippen molar-refractivity contribution in [2.45, 2.75) is 12.5 Å². The fraction of sp³-hybridized carbons (Fsp3) is 0.286. The number of carbonyl (C=O) groups is 2. The summed E-state index contributed by atoms with van der Waals surface area (Å²) < 4.78 is 0. The third-order valence-corrected chi connectivity index (χ3v) is 2.64. The standard InChI is InChI=1S/C14H19N3O3/c1-4-7-11(13(18)19)16-14(20)15-10-8-5-6-9-12(10)17(2)3/h4-6,8-9,11H,1,7H2,2-3H3,(H,18,19)(H2,15,16,20). The number of aliphatic carboxylic acids is 1. The summed E-state index contributed by atoms with van der Waals surface area (Å²) in [4.78, 5) is 24.6. The molecule has 20 heavy (non-hydrogen) atoms. The molecule has 0 radical (unpaired) electrons. The van der Waals surface area contributed by atoms with E-state index < -0.39 is 18.0 Å². The Labute approximate surface area is 118 Å². The second-order valence-electron chi connectivity index (χ2n) is 4.43. The SMILES string of the molecule is C=CCC(NC(=O)Nc1ccccc1N(C)C)C(=O)O. The molecule has 1 aromatic carbocycles. The number of hydrogen-bond acceptors (Lipinski definition) is 3. The van der Waals surface area contributed by atoms with Gasteiger partial charge in [-0.25, -0.2) is 9.59 Å². The highest BCUT2D eigenvalue weighted by Crippen LogP contribution is 2.23. The lowest BCUT2D eigenvalue weighted by atomic mass is 10.2. The lowest BCUT2D eigenvalue weighted by Gasteiger charge is -2.19. The van der Waals surface area contributed by atoms with E-state index in [1.807, 2.05) is 31.1 Å². The third-order valence-electron chi connectivity index (χ3n) is 2.64. The zero-order valence-corrected chi connectivity index (χ0v) is 11.6. The van der Waals surface area contributed by atoms with Crippen LogP contribution in [0.4, 0.5) is 16.2 Å². The first-order valence-corrected chi connectivity index (χ1v) is 6.13. The molecule has 0 aliphatic carbocycles. The number of nitrogens with one attached hydrogen (secondary N) is 2. The van der Waals surface area contributed by atoms with Gasteiger partial charge in [-0.2, -0.15) is 0 Å². The summed E-state index contributed by atoms with van der Waals surface area (Å²) in [6.45, 7) is 3.47. The van der Waals surface area contributed by atoms with Gasteiger partial charge in [-0.1, -0.05) is 18.2 Å². The van der Waals surface area contributed by atoms with Crippen molar-refractivity contribution in [2.75, 3.05) is 24.3 Å². The van der Waals surface area contributed by atoms with Crippen molar-refractivity contribution < 1.29 is 14.7 Å². The van der Waals surface area contributed by atoms with E-state index >= 15 is 0 Å². The highest BCUT2D eigenvalue weighted by Gasteiger charge is 2.18. The van der Waals surface area contributed by atoms with Gasteiger partial charge in [0.15, 0.2) is 0 Å². The molecule has 6 heteroatoms. The van der Waals surface area contributed by atoms with E-state index in [2.05, 4.69) is 17.2 Å². The molecule has 0 aliphatic heterocycles. The van der Waals surface area contributed by atoms with Crippen LogP contribution in [0.1, 0.15) is 6.42 Å². The molecule has 1 unspecified atom stereocenters. The molecule has 0 aromatic heterocycles. The number of carboxylic acid groups (broad SMARTS) is 1. The summed E-state index contributed by atoms with van der Waals surface area (Å²) in [6, 6.07) is 5.70. The van der Waals surface area contributed by atoms with Crippen molar-refractivity contribution in [3.8, 4) is 0 Å². The maximum absolute atomic E-state index is 11.8. The van der Waals surface area contributed by atoms with Gasteiger partial charge in [0, 0.05) is 14.1 Å². The van der Waals surface area contributed by atoms with Crippen LogP contribution in [0.3, 0.4) is 0 Å². The summed E-state index contributed by atoms with van der Waals surface area (Å²) in [5.41, 5.74) is 1.44. The second-order valence-corrected chi connectivity index (χ2v) is 4.43. The van der Waals surface area contributed by atoms with E-state index in [1.54, 1.807) is 12.1 Å². The monoisotopic (exact) mass is 277 g/mol. The first kappa shape index (κ1) is 15.6. The quantitative estimate of drug-likeness (QED) is 0.694. The minimum absolute atomic E-state index is 0.165. The Morgan fingerprint density at radius 1 is 1.40 bits per heavy atom. The molecule has 0 spiro atoms. The predicted molar refractivity (Wildman–Crippen MR) is 79.2 cm³/mol. The van der Waals surface area contributed by atoms with Crippen LogP contribution in [0.15, 0.2) is 36.9 Å². The Kier molecular flexibility index (Phi) is 5.58. The highest BCUT2D eigenvalue weighted by atomic mass is 16.4. The summed E-state index contributed by atoms with van der Waals surface area (Å²) in [5, 5.41) is 14.0. The number of carboxylic acids is 1. The van der Waals surface area contributed by atoms with Gasteiger partial charge in [-0.15, -0.1) is 6.58 Å². The number of nitrogens with zero attached hydrogens (tertiary/aromatic N) is 1. The average Bonchev–Trinajstić information content (AvgIpc) is 2.38. The van der Waals surface area contributed by atoms with E-state index in [0.29, 0.717) is 5.69 Å². The maximum Gasteiger partial charge on any atom is 0.326 e. The summed E-state index contributed by atoms with van der Waals surface area (Å²) in [7, 11) is 3.71. The molecule has 0 saturated heterocycles. The fourth-order valence-electron chi connectivity index (χ4n) is 1.67. The molecule has 0 aliphatic rings. The smallest absolute Gasteiger partial charge is 0.326 e. The van der Waals surface area contributed by atoms with E-state index in [4.69, 9.17) is 5.11 Å². The first-order chi connectivity index (χ1) is 9.45. The van der Waals surface area contributed by atoms with Gasteiger partial charge in [0.25, 0.3) is 0 Å². The summed E-state index contributed by atoms with van der Waals surface area (Å²) in [5.74, 6) is -1.10. The van der Waals surface area contributed by atoms with Crippen LogP contribution in [0, 0.1) is 0 Å². The van der Waals surface area contributed by atoms with Gasteiger partial charge < -0.3 is 20.6 Å². The minimum atomic E-state index is -1.10. The summed E-state index contributed by atoms with van der Waals surface area (Å²) >= 11 is 0. The van der Waals surface area contributed by atoms with Gasteiger partial charge in [0.2, 0.25) is 0 Å². The van der Waals surface area contributed by atoms with Gasteiger partial charge in [-0.05, 0) is 18.6 Å². The summed E-state index contributed by atoms with van der Waals surface area (Å²) in [6.07, 6.45) is 1.62. The van der Waals surface area contributed by atoms with Gasteiger partial charge in [-0.3, -0.25) is 0 Å². The molecule has 1 rings (SSSR count). The molecule has 1 atom stereocenters. The first-order valence-electron chi connectivity index (χ1n) is 6.13. The minimum Gasteiger partial charge on any atom is -0.480 e. The average molecular weight is 277 g/mol. The number of benzene rings is 1. The molecule has 0 bridgehead atoms. The van der Waals surface area contributed by atoms with Gasteiger partial charge >= 0.3 is 12.0 Å². The van der Waals surface area contributed by atoms with Crippen LogP contribution in [-0.4, -0.2) is 37.2 Å². The van der Waals surface area contributed by atoms with Gasteiger partial charge in [0.05, 0.1) is 11.4 Å². The molecule has 3 N–H and O–H groups in total. The van der Waals surface area contributed by atoms with Gasteiger partial charge in [0.1, 0.15) is 6.04 Å². The Balaban J connectivity index is 2.75. The van der Waals surface area contributed by atoms with E-state index in [0.717, 1.165) is 5.69 Å². The van der Waals surface area contributed by atoms with Crippen molar-refractivity contribution in [2.24, 2.45) is 0 Å². The van der Waals surface area contributed by atoms with Crippen LogP contribution in [0.5, 0.6) is 0 Å². The largest absolute Gasteiger partial charge is 0.480 e. The number of para-hydroxylation sites is 2. The molecular formula is C14H19N3O3. The molecular weight excluding hydrogens is 258 g/mol. The van der Waals surface area contributed by atoms with Crippen molar-refractivity contribution in [1.29, 1.82) is 0 Å².